The van der Waals surface area contributed by atoms with Crippen LogP contribution >= 0.6 is 11.6 Å². The number of benzene rings is 1. The average Bonchev–Trinajstić information content (AvgIpc) is 2.14. The second kappa shape index (κ2) is 4.86. The fourth-order valence-corrected chi connectivity index (χ4v) is 2.87. The summed E-state index contributed by atoms with van der Waals surface area (Å²) >= 11 is 5.81. The van der Waals surface area contributed by atoms with Gasteiger partial charge in [0.05, 0.1) is 10.7 Å². The van der Waals surface area contributed by atoms with Crippen molar-refractivity contribution in [1.29, 1.82) is 0 Å². The first kappa shape index (κ1) is 13.0. The number of anilines is 1. The van der Waals surface area contributed by atoms with Crippen molar-refractivity contribution in [3.05, 3.63) is 35.4 Å². The minimum atomic E-state index is -3.68. The van der Waals surface area contributed by atoms with Crippen molar-refractivity contribution in [3.8, 4) is 0 Å². The Balaban J connectivity index is 3.12. The van der Waals surface area contributed by atoms with Crippen LogP contribution in [-0.2, 0) is 10.0 Å². The molecule has 0 saturated carbocycles. The Morgan fingerprint density at radius 3 is 2.69 bits per heavy atom. The summed E-state index contributed by atoms with van der Waals surface area (Å²) in [4.78, 5) is -0.0853. The number of sulfonamides is 1. The number of nitrogens with two attached hydrogens (primary N) is 1. The monoisotopic (exact) mass is 260 g/mol. The fraction of sp³-hybridized carbons (Fsp3) is 0.200. The van der Waals surface area contributed by atoms with Crippen LogP contribution < -0.4 is 10.5 Å². The predicted octanol–water partition coefficient (Wildman–Crippen LogP) is 1.78. The zero-order valence-electron chi connectivity index (χ0n) is 8.83. The molecule has 3 N–H and O–H groups in total. The standard InChI is InChI=1S/C10H13ClN2O2S/c1-7(2)6-13-16(14,15)10-8(11)4-3-5-9(10)12/h3-5,13H,1,6,12H2,2H3. The summed E-state index contributed by atoms with van der Waals surface area (Å²) in [7, 11) is -3.68. The van der Waals surface area contributed by atoms with Gasteiger partial charge >= 0.3 is 0 Å². The molecule has 0 fully saturated rings. The molecule has 0 aliphatic carbocycles. The quantitative estimate of drug-likeness (QED) is 0.640. The van der Waals surface area contributed by atoms with Crippen molar-refractivity contribution in [2.75, 3.05) is 12.3 Å². The topological polar surface area (TPSA) is 72.2 Å². The van der Waals surface area contributed by atoms with Crippen LogP contribution in [0.1, 0.15) is 6.92 Å². The van der Waals surface area contributed by atoms with Crippen LogP contribution in [0.2, 0.25) is 5.02 Å². The molecule has 6 heteroatoms. The third kappa shape index (κ3) is 2.98. The Morgan fingerprint density at radius 1 is 1.56 bits per heavy atom. The molecule has 0 aromatic heterocycles. The van der Waals surface area contributed by atoms with E-state index in [1.165, 1.54) is 12.1 Å². The molecule has 0 bridgehead atoms. The third-order valence-corrected chi connectivity index (χ3v) is 3.77. The molecule has 0 unspecified atom stereocenters. The van der Waals surface area contributed by atoms with Crippen LogP contribution in [0.3, 0.4) is 0 Å². The van der Waals surface area contributed by atoms with Gasteiger partial charge in [0.25, 0.3) is 0 Å². The van der Waals surface area contributed by atoms with E-state index in [9.17, 15) is 8.42 Å². The molecule has 0 heterocycles. The maximum Gasteiger partial charge on any atom is 0.244 e. The molecule has 0 spiro atoms. The second-order valence-electron chi connectivity index (χ2n) is 3.44. The molecule has 1 aromatic rings. The van der Waals surface area contributed by atoms with Crippen LogP contribution in [0.5, 0.6) is 0 Å². The lowest BCUT2D eigenvalue weighted by atomic mass is 10.3. The molecule has 0 aliphatic heterocycles. The van der Waals surface area contributed by atoms with E-state index in [2.05, 4.69) is 11.3 Å². The minimum absolute atomic E-state index is 0.0853. The van der Waals surface area contributed by atoms with E-state index in [1.54, 1.807) is 13.0 Å². The minimum Gasteiger partial charge on any atom is -0.398 e. The van der Waals surface area contributed by atoms with E-state index in [1.807, 2.05) is 0 Å². The summed E-state index contributed by atoms with van der Waals surface area (Å²) in [6.45, 7) is 5.49. The molecule has 0 amide bonds. The molecular weight excluding hydrogens is 248 g/mol. The summed E-state index contributed by atoms with van der Waals surface area (Å²) in [5.41, 5.74) is 6.42. The molecule has 1 rings (SSSR count). The normalized spacial score (nSPS) is 11.4. The van der Waals surface area contributed by atoms with Crippen molar-refractivity contribution in [2.45, 2.75) is 11.8 Å². The number of rotatable bonds is 4. The van der Waals surface area contributed by atoms with Gasteiger partial charge in [-0.05, 0) is 19.1 Å². The Bertz CT molecular complexity index is 491. The highest BCUT2D eigenvalue weighted by atomic mass is 35.5. The van der Waals surface area contributed by atoms with Gasteiger partial charge in [-0.1, -0.05) is 29.8 Å². The maximum atomic E-state index is 11.9. The molecular formula is C10H13ClN2O2S. The van der Waals surface area contributed by atoms with Gasteiger partial charge in [-0.2, -0.15) is 0 Å². The van der Waals surface area contributed by atoms with Gasteiger partial charge in [0, 0.05) is 6.54 Å². The molecule has 0 saturated heterocycles. The highest BCUT2D eigenvalue weighted by Crippen LogP contribution is 2.26. The number of nitrogens with one attached hydrogen (secondary N) is 1. The van der Waals surface area contributed by atoms with E-state index in [-0.39, 0.29) is 22.2 Å². The smallest absolute Gasteiger partial charge is 0.244 e. The molecule has 16 heavy (non-hydrogen) atoms. The van der Waals surface area contributed by atoms with Crippen LogP contribution in [0, 0.1) is 0 Å². The predicted molar refractivity (Wildman–Crippen MR) is 65.9 cm³/mol. The van der Waals surface area contributed by atoms with E-state index < -0.39 is 10.0 Å². The Morgan fingerprint density at radius 2 is 2.19 bits per heavy atom. The Labute approximate surface area is 100 Å². The largest absolute Gasteiger partial charge is 0.398 e. The number of hydrogen-bond donors (Lipinski definition) is 2. The van der Waals surface area contributed by atoms with Gasteiger partial charge in [-0.25, -0.2) is 13.1 Å². The summed E-state index contributed by atoms with van der Waals surface area (Å²) in [5.74, 6) is 0. The summed E-state index contributed by atoms with van der Waals surface area (Å²) in [5, 5.41) is 0.106. The Hall–Kier alpha value is -1.04. The Kier molecular flexibility index (Phi) is 3.96. The second-order valence-corrected chi connectivity index (χ2v) is 5.55. The highest BCUT2D eigenvalue weighted by molar-refractivity contribution is 7.89. The van der Waals surface area contributed by atoms with Gasteiger partial charge in [0.15, 0.2) is 0 Å². The highest BCUT2D eigenvalue weighted by Gasteiger charge is 2.20. The van der Waals surface area contributed by atoms with Crippen LogP contribution in [-0.4, -0.2) is 15.0 Å². The summed E-state index contributed by atoms with van der Waals surface area (Å²) < 4.78 is 26.1. The van der Waals surface area contributed by atoms with Crippen molar-refractivity contribution in [2.24, 2.45) is 0 Å². The van der Waals surface area contributed by atoms with Gasteiger partial charge in [-0.15, -0.1) is 0 Å². The van der Waals surface area contributed by atoms with Crippen LogP contribution in [0.15, 0.2) is 35.2 Å². The van der Waals surface area contributed by atoms with E-state index in [4.69, 9.17) is 17.3 Å². The van der Waals surface area contributed by atoms with Crippen molar-refractivity contribution in [3.63, 3.8) is 0 Å². The number of hydrogen-bond acceptors (Lipinski definition) is 3. The molecule has 1 aromatic carbocycles. The van der Waals surface area contributed by atoms with E-state index in [0.717, 1.165) is 0 Å². The van der Waals surface area contributed by atoms with Gasteiger partial charge in [0.2, 0.25) is 10.0 Å². The summed E-state index contributed by atoms with van der Waals surface area (Å²) in [6, 6.07) is 4.56. The van der Waals surface area contributed by atoms with Gasteiger partial charge in [0.1, 0.15) is 4.90 Å². The maximum absolute atomic E-state index is 11.9. The number of halogens is 1. The zero-order valence-corrected chi connectivity index (χ0v) is 10.4. The first-order valence-corrected chi connectivity index (χ1v) is 6.39. The lowest BCUT2D eigenvalue weighted by Crippen LogP contribution is -2.26. The van der Waals surface area contributed by atoms with Crippen molar-refractivity contribution < 1.29 is 8.42 Å². The molecule has 4 nitrogen and oxygen atoms in total. The van der Waals surface area contributed by atoms with Crippen molar-refractivity contribution >= 4 is 27.3 Å². The zero-order chi connectivity index (χ0) is 12.3. The summed E-state index contributed by atoms with van der Waals surface area (Å²) in [6.07, 6.45) is 0. The van der Waals surface area contributed by atoms with Crippen LogP contribution in [0.4, 0.5) is 5.69 Å². The third-order valence-electron chi connectivity index (χ3n) is 1.83. The fourth-order valence-electron chi connectivity index (χ4n) is 1.10. The van der Waals surface area contributed by atoms with E-state index in [0.29, 0.717) is 5.57 Å². The van der Waals surface area contributed by atoms with Crippen LogP contribution in [0.25, 0.3) is 0 Å². The average molecular weight is 261 g/mol. The number of nitrogen functional groups attached to an aromatic ring is 1. The van der Waals surface area contributed by atoms with Crippen molar-refractivity contribution in [1.82, 2.24) is 4.72 Å². The van der Waals surface area contributed by atoms with E-state index >= 15 is 0 Å². The van der Waals surface area contributed by atoms with Gasteiger partial charge < -0.3 is 5.73 Å². The molecule has 0 aliphatic rings. The molecule has 0 atom stereocenters. The first-order valence-electron chi connectivity index (χ1n) is 4.52. The SMILES string of the molecule is C=C(C)CNS(=O)(=O)c1c(N)cccc1Cl. The molecule has 88 valence electrons. The lowest BCUT2D eigenvalue weighted by Gasteiger charge is -2.10. The molecule has 0 radical (unpaired) electrons. The lowest BCUT2D eigenvalue weighted by molar-refractivity contribution is 0.585. The van der Waals surface area contributed by atoms with Gasteiger partial charge in [-0.3, -0.25) is 0 Å². The first-order chi connectivity index (χ1) is 7.34.